The third-order valence-electron chi connectivity index (χ3n) is 3.62. The van der Waals surface area contributed by atoms with Crippen molar-refractivity contribution < 1.29 is 14.6 Å². The van der Waals surface area contributed by atoms with Crippen molar-refractivity contribution in [3.05, 3.63) is 63.6 Å². The van der Waals surface area contributed by atoms with E-state index in [1.54, 1.807) is 17.0 Å². The third kappa shape index (κ3) is 6.86. The molecule has 0 aromatic heterocycles. The molecule has 26 heavy (non-hydrogen) atoms. The Hall–Kier alpha value is -1.76. The monoisotopic (exact) mass is 440 g/mol. The zero-order valence-corrected chi connectivity index (χ0v) is 16.7. The van der Waals surface area contributed by atoms with E-state index in [1.807, 2.05) is 36.4 Å². The molecule has 2 N–H and O–H groups in total. The van der Waals surface area contributed by atoms with Gasteiger partial charge in [-0.25, -0.2) is 4.79 Å². The van der Waals surface area contributed by atoms with Crippen molar-refractivity contribution >= 4 is 33.6 Å². The van der Waals surface area contributed by atoms with Crippen LogP contribution in [0.1, 0.15) is 12.0 Å². The van der Waals surface area contributed by atoms with E-state index >= 15 is 0 Å². The second-order valence-corrected chi connectivity index (χ2v) is 6.96. The topological polar surface area (TPSA) is 61.8 Å². The summed E-state index contributed by atoms with van der Waals surface area (Å²) in [7, 11) is 0. The number of halogens is 2. The molecule has 0 aliphatic rings. The number of nitrogens with zero attached hydrogens (tertiary/aromatic N) is 1. The number of hydrogen-bond acceptors (Lipinski definition) is 3. The van der Waals surface area contributed by atoms with Crippen LogP contribution in [0.15, 0.2) is 53.0 Å². The number of hydrogen-bond donors (Lipinski definition) is 2. The van der Waals surface area contributed by atoms with Crippen molar-refractivity contribution in [3.8, 4) is 5.75 Å². The van der Waals surface area contributed by atoms with Crippen molar-refractivity contribution in [3.63, 3.8) is 0 Å². The van der Waals surface area contributed by atoms with E-state index in [0.29, 0.717) is 36.9 Å². The molecule has 0 spiro atoms. The van der Waals surface area contributed by atoms with Gasteiger partial charge < -0.3 is 20.1 Å². The Morgan fingerprint density at radius 2 is 2.00 bits per heavy atom. The molecular formula is C19H22BrClN2O3. The summed E-state index contributed by atoms with van der Waals surface area (Å²) < 4.78 is 6.51. The summed E-state index contributed by atoms with van der Waals surface area (Å²) in [6.45, 7) is 1.58. The molecule has 0 heterocycles. The van der Waals surface area contributed by atoms with Crippen LogP contribution in [0.4, 0.5) is 4.79 Å². The Kier molecular flexibility index (Phi) is 8.74. The maximum atomic E-state index is 12.3. The number of carbonyl (C=O) groups excluding carboxylic acids is 1. The van der Waals surface area contributed by atoms with Crippen molar-refractivity contribution in [2.24, 2.45) is 0 Å². The summed E-state index contributed by atoms with van der Waals surface area (Å²) in [6, 6.07) is 14.9. The highest BCUT2D eigenvalue weighted by Crippen LogP contribution is 2.27. The van der Waals surface area contributed by atoms with Gasteiger partial charge in [0.15, 0.2) is 0 Å². The highest BCUT2D eigenvalue weighted by molar-refractivity contribution is 9.10. The number of amides is 2. The van der Waals surface area contributed by atoms with Crippen LogP contribution >= 0.6 is 27.5 Å². The lowest BCUT2D eigenvalue weighted by Gasteiger charge is -2.22. The highest BCUT2D eigenvalue weighted by Gasteiger charge is 2.12. The van der Waals surface area contributed by atoms with E-state index in [2.05, 4.69) is 21.2 Å². The average molecular weight is 442 g/mol. The summed E-state index contributed by atoms with van der Waals surface area (Å²) in [5.74, 6) is 0.618. The summed E-state index contributed by atoms with van der Waals surface area (Å²) >= 11 is 9.44. The molecule has 0 saturated carbocycles. The molecular weight excluding hydrogens is 420 g/mol. The molecule has 0 radical (unpaired) electrons. The Morgan fingerprint density at radius 1 is 1.23 bits per heavy atom. The summed E-state index contributed by atoms with van der Waals surface area (Å²) in [5, 5.41) is 12.6. The highest BCUT2D eigenvalue weighted by atomic mass is 79.9. The predicted molar refractivity (Wildman–Crippen MR) is 107 cm³/mol. The number of nitrogens with one attached hydrogen (secondary N) is 1. The number of carbonyl (C=O) groups is 1. The van der Waals surface area contributed by atoms with Gasteiger partial charge in [-0.05, 0) is 30.2 Å². The van der Waals surface area contributed by atoms with Gasteiger partial charge in [-0.3, -0.25) is 0 Å². The fourth-order valence-electron chi connectivity index (χ4n) is 2.33. The fourth-order valence-corrected chi connectivity index (χ4v) is 3.06. The first kappa shape index (κ1) is 20.6. The summed E-state index contributed by atoms with van der Waals surface area (Å²) in [6.07, 6.45) is 0.649. The lowest BCUT2D eigenvalue weighted by atomic mass is 10.2. The lowest BCUT2D eigenvalue weighted by molar-refractivity contribution is 0.173. The van der Waals surface area contributed by atoms with Crippen LogP contribution in [0.5, 0.6) is 5.75 Å². The van der Waals surface area contributed by atoms with Gasteiger partial charge >= 0.3 is 6.03 Å². The fraction of sp³-hybridized carbons (Fsp3) is 0.316. The standard InChI is InChI=1S/C19H22BrClN2O3/c20-16-7-8-18(17(21)13-16)26-12-4-9-22-19(25)23(10-11-24)14-15-5-2-1-3-6-15/h1-3,5-8,13,24H,4,9-12,14H2,(H,22,25). The first-order valence-corrected chi connectivity index (χ1v) is 9.52. The van der Waals surface area contributed by atoms with Crippen LogP contribution in [0.3, 0.4) is 0 Å². The van der Waals surface area contributed by atoms with E-state index in [0.717, 1.165) is 10.0 Å². The first-order valence-electron chi connectivity index (χ1n) is 8.35. The summed E-state index contributed by atoms with van der Waals surface area (Å²) in [4.78, 5) is 13.9. The molecule has 2 rings (SSSR count). The molecule has 140 valence electrons. The maximum absolute atomic E-state index is 12.3. The van der Waals surface area contributed by atoms with E-state index in [1.165, 1.54) is 0 Å². The molecule has 0 unspecified atom stereocenters. The molecule has 5 nitrogen and oxygen atoms in total. The second-order valence-electron chi connectivity index (χ2n) is 5.64. The number of aliphatic hydroxyl groups is 1. The molecule has 0 aliphatic carbocycles. The van der Waals surface area contributed by atoms with Crippen LogP contribution in [0, 0.1) is 0 Å². The number of benzene rings is 2. The Morgan fingerprint density at radius 3 is 2.69 bits per heavy atom. The Labute approximate surface area is 167 Å². The van der Waals surface area contributed by atoms with Gasteiger partial charge in [0.2, 0.25) is 0 Å². The van der Waals surface area contributed by atoms with Crippen molar-refractivity contribution in [2.45, 2.75) is 13.0 Å². The van der Waals surface area contributed by atoms with Gasteiger partial charge in [0.25, 0.3) is 0 Å². The summed E-state index contributed by atoms with van der Waals surface area (Å²) in [5.41, 5.74) is 1.02. The SMILES string of the molecule is O=C(NCCCOc1ccc(Br)cc1Cl)N(CCO)Cc1ccccc1. The Balaban J connectivity index is 1.73. The zero-order valence-electron chi connectivity index (χ0n) is 14.3. The molecule has 0 saturated heterocycles. The smallest absolute Gasteiger partial charge is 0.317 e. The van der Waals surface area contributed by atoms with Crippen molar-refractivity contribution in [2.75, 3.05) is 26.3 Å². The molecule has 2 amide bonds. The predicted octanol–water partition coefficient (Wildman–Crippen LogP) is 4.08. The van der Waals surface area contributed by atoms with E-state index in [9.17, 15) is 9.90 Å². The third-order valence-corrected chi connectivity index (χ3v) is 4.41. The molecule has 0 aliphatic heterocycles. The van der Waals surface area contributed by atoms with E-state index < -0.39 is 0 Å². The Bertz CT molecular complexity index is 700. The lowest BCUT2D eigenvalue weighted by Crippen LogP contribution is -2.41. The van der Waals surface area contributed by atoms with Crippen LogP contribution < -0.4 is 10.1 Å². The number of ether oxygens (including phenoxy) is 1. The molecule has 0 atom stereocenters. The molecule has 0 fully saturated rings. The van der Waals surface area contributed by atoms with Gasteiger partial charge in [-0.2, -0.15) is 0 Å². The largest absolute Gasteiger partial charge is 0.492 e. The quantitative estimate of drug-likeness (QED) is 0.577. The van der Waals surface area contributed by atoms with Crippen molar-refractivity contribution in [1.29, 1.82) is 0 Å². The minimum absolute atomic E-state index is 0.0779. The van der Waals surface area contributed by atoms with Gasteiger partial charge in [0.1, 0.15) is 5.75 Å². The number of rotatable bonds is 9. The molecule has 7 heteroatoms. The minimum atomic E-state index is -0.204. The van der Waals surface area contributed by atoms with Crippen molar-refractivity contribution in [1.82, 2.24) is 10.2 Å². The maximum Gasteiger partial charge on any atom is 0.317 e. The van der Waals surface area contributed by atoms with E-state index in [4.69, 9.17) is 16.3 Å². The van der Waals surface area contributed by atoms with Gasteiger partial charge in [-0.15, -0.1) is 0 Å². The van der Waals surface area contributed by atoms with Gasteiger partial charge in [-0.1, -0.05) is 57.9 Å². The number of aliphatic hydroxyl groups excluding tert-OH is 1. The van der Waals surface area contributed by atoms with Crippen LogP contribution in [0.25, 0.3) is 0 Å². The molecule has 2 aromatic rings. The number of urea groups is 1. The van der Waals surface area contributed by atoms with Gasteiger partial charge in [0, 0.05) is 24.1 Å². The van der Waals surface area contributed by atoms with E-state index in [-0.39, 0.29) is 19.2 Å². The molecule has 0 bridgehead atoms. The zero-order chi connectivity index (χ0) is 18.8. The van der Waals surface area contributed by atoms with Crippen LogP contribution in [-0.2, 0) is 6.54 Å². The average Bonchev–Trinajstić information content (AvgIpc) is 2.63. The van der Waals surface area contributed by atoms with Crippen LogP contribution in [0.2, 0.25) is 5.02 Å². The minimum Gasteiger partial charge on any atom is -0.492 e. The molecule has 2 aromatic carbocycles. The first-order chi connectivity index (χ1) is 12.6. The second kappa shape index (κ2) is 11.1. The van der Waals surface area contributed by atoms with Gasteiger partial charge in [0.05, 0.1) is 18.2 Å². The van der Waals surface area contributed by atoms with Crippen LogP contribution in [-0.4, -0.2) is 42.3 Å². The normalized spacial score (nSPS) is 10.4.